The van der Waals surface area contributed by atoms with E-state index < -0.39 is 0 Å². The van der Waals surface area contributed by atoms with Gasteiger partial charge in [0.1, 0.15) is 0 Å². The molecule has 0 fully saturated rings. The van der Waals surface area contributed by atoms with Crippen LogP contribution in [0.1, 0.15) is 41.5 Å². The molecular formula is C12H21N3O. The van der Waals surface area contributed by atoms with Crippen molar-refractivity contribution in [2.75, 3.05) is 5.32 Å². The van der Waals surface area contributed by atoms with Crippen molar-refractivity contribution < 1.29 is 0 Å². The quantitative estimate of drug-likeness (QED) is 0.794. The van der Waals surface area contributed by atoms with Gasteiger partial charge in [0.2, 0.25) is 5.95 Å². The third kappa shape index (κ3) is 3.36. The Hall–Kier alpha value is -1.32. The minimum atomic E-state index is -0.216. The van der Waals surface area contributed by atoms with Gasteiger partial charge in [-0.25, -0.2) is 0 Å². The summed E-state index contributed by atoms with van der Waals surface area (Å²) in [4.78, 5) is 15.3. The van der Waals surface area contributed by atoms with Crippen LogP contribution in [-0.2, 0) is 5.54 Å². The highest BCUT2D eigenvalue weighted by Crippen LogP contribution is 2.19. The van der Waals surface area contributed by atoms with Crippen LogP contribution in [0.25, 0.3) is 0 Å². The standard InChI is InChI=1S/C12H21N3O/c1-11(2,3)14-10-13-9(16)7-8-15(10)12(4,5)6/h7-8H,1-6H3,(H,13,14,16). The Kier molecular flexibility index (Phi) is 3.13. The maximum absolute atomic E-state index is 11.3. The molecule has 16 heavy (non-hydrogen) atoms. The van der Waals surface area contributed by atoms with Crippen LogP contribution in [0.5, 0.6) is 0 Å². The monoisotopic (exact) mass is 223 g/mol. The van der Waals surface area contributed by atoms with Gasteiger partial charge in [-0.05, 0) is 41.5 Å². The molecule has 0 bridgehead atoms. The topological polar surface area (TPSA) is 46.9 Å². The van der Waals surface area contributed by atoms with E-state index >= 15 is 0 Å². The minimum absolute atomic E-state index is 0.103. The second-order valence-corrected chi connectivity index (χ2v) is 6.01. The molecule has 0 unspecified atom stereocenters. The van der Waals surface area contributed by atoms with Gasteiger partial charge in [0.25, 0.3) is 5.56 Å². The van der Waals surface area contributed by atoms with Crippen molar-refractivity contribution in [3.05, 3.63) is 22.6 Å². The predicted octanol–water partition coefficient (Wildman–Crippen LogP) is 2.21. The summed E-state index contributed by atoms with van der Waals surface area (Å²) in [6.07, 6.45) is 1.78. The van der Waals surface area contributed by atoms with Crippen LogP contribution in [0.15, 0.2) is 17.1 Å². The number of anilines is 1. The van der Waals surface area contributed by atoms with E-state index in [1.54, 1.807) is 6.20 Å². The maximum atomic E-state index is 11.3. The SMILES string of the molecule is CC(C)(C)Nc1nc(=O)ccn1C(C)(C)C. The molecule has 4 heteroatoms. The number of rotatable bonds is 1. The van der Waals surface area contributed by atoms with E-state index in [2.05, 4.69) is 31.1 Å². The van der Waals surface area contributed by atoms with Crippen molar-refractivity contribution in [2.24, 2.45) is 0 Å². The summed E-state index contributed by atoms with van der Waals surface area (Å²) in [7, 11) is 0. The van der Waals surface area contributed by atoms with E-state index in [-0.39, 0.29) is 16.6 Å². The molecule has 0 spiro atoms. The van der Waals surface area contributed by atoms with Gasteiger partial charge in [0.15, 0.2) is 0 Å². The summed E-state index contributed by atoms with van der Waals surface area (Å²) >= 11 is 0. The number of nitrogens with zero attached hydrogens (tertiary/aromatic N) is 2. The highest BCUT2D eigenvalue weighted by atomic mass is 16.1. The van der Waals surface area contributed by atoms with Gasteiger partial charge in [0, 0.05) is 23.3 Å². The average molecular weight is 223 g/mol. The molecule has 0 aliphatic carbocycles. The molecule has 4 nitrogen and oxygen atoms in total. The summed E-state index contributed by atoms with van der Waals surface area (Å²) < 4.78 is 1.97. The lowest BCUT2D eigenvalue weighted by Gasteiger charge is -2.30. The first-order valence-electron chi connectivity index (χ1n) is 5.48. The highest BCUT2D eigenvalue weighted by Gasteiger charge is 2.19. The molecule has 1 heterocycles. The van der Waals surface area contributed by atoms with Crippen molar-refractivity contribution in [1.29, 1.82) is 0 Å². The van der Waals surface area contributed by atoms with Gasteiger partial charge in [0.05, 0.1) is 0 Å². The second-order valence-electron chi connectivity index (χ2n) is 6.01. The fourth-order valence-corrected chi connectivity index (χ4v) is 1.37. The lowest BCUT2D eigenvalue weighted by Crippen LogP contribution is -2.34. The van der Waals surface area contributed by atoms with E-state index in [1.165, 1.54) is 6.07 Å². The first kappa shape index (κ1) is 12.7. The Morgan fingerprint density at radius 1 is 1.19 bits per heavy atom. The number of hydrogen-bond acceptors (Lipinski definition) is 3. The summed E-state index contributed by atoms with van der Waals surface area (Å²) in [5.74, 6) is 0.618. The third-order valence-corrected chi connectivity index (χ3v) is 2.02. The first-order chi connectivity index (χ1) is 7.09. The average Bonchev–Trinajstić information content (AvgIpc) is 1.97. The zero-order chi connectivity index (χ0) is 12.6. The fourth-order valence-electron chi connectivity index (χ4n) is 1.37. The maximum Gasteiger partial charge on any atom is 0.274 e. The Morgan fingerprint density at radius 2 is 1.75 bits per heavy atom. The predicted molar refractivity (Wildman–Crippen MR) is 66.9 cm³/mol. The van der Waals surface area contributed by atoms with Gasteiger partial charge in [-0.1, -0.05) is 0 Å². The Bertz CT molecular complexity index is 421. The van der Waals surface area contributed by atoms with Crippen LogP contribution in [0.3, 0.4) is 0 Å². The molecule has 0 aromatic carbocycles. The van der Waals surface area contributed by atoms with Crippen LogP contribution in [-0.4, -0.2) is 15.1 Å². The largest absolute Gasteiger partial charge is 0.351 e. The Balaban J connectivity index is 3.25. The van der Waals surface area contributed by atoms with Gasteiger partial charge in [-0.15, -0.1) is 0 Å². The molecule has 0 atom stereocenters. The van der Waals surface area contributed by atoms with E-state index in [4.69, 9.17) is 0 Å². The van der Waals surface area contributed by atoms with Crippen molar-refractivity contribution in [3.8, 4) is 0 Å². The lowest BCUT2D eigenvalue weighted by atomic mass is 10.1. The van der Waals surface area contributed by atoms with Crippen LogP contribution < -0.4 is 10.9 Å². The molecule has 1 aromatic heterocycles. The smallest absolute Gasteiger partial charge is 0.274 e. The van der Waals surface area contributed by atoms with Crippen molar-refractivity contribution in [1.82, 2.24) is 9.55 Å². The van der Waals surface area contributed by atoms with Gasteiger partial charge >= 0.3 is 0 Å². The first-order valence-corrected chi connectivity index (χ1v) is 5.48. The van der Waals surface area contributed by atoms with E-state index in [9.17, 15) is 4.79 Å². The minimum Gasteiger partial charge on any atom is -0.351 e. The summed E-state index contributed by atoms with van der Waals surface area (Å²) in [5, 5.41) is 3.25. The second kappa shape index (κ2) is 3.92. The van der Waals surface area contributed by atoms with Gasteiger partial charge < -0.3 is 9.88 Å². The lowest BCUT2D eigenvalue weighted by molar-refractivity contribution is 0.390. The van der Waals surface area contributed by atoms with Crippen molar-refractivity contribution >= 4 is 5.95 Å². The molecule has 90 valence electrons. The molecule has 1 rings (SSSR count). The van der Waals surface area contributed by atoms with Crippen molar-refractivity contribution in [3.63, 3.8) is 0 Å². The van der Waals surface area contributed by atoms with E-state index in [1.807, 2.05) is 25.3 Å². The Morgan fingerprint density at radius 3 is 2.19 bits per heavy atom. The van der Waals surface area contributed by atoms with Crippen LogP contribution >= 0.6 is 0 Å². The number of aromatic nitrogens is 2. The van der Waals surface area contributed by atoms with Gasteiger partial charge in [-0.2, -0.15) is 4.98 Å². The van der Waals surface area contributed by atoms with Crippen LogP contribution in [0.4, 0.5) is 5.95 Å². The molecule has 0 amide bonds. The Labute approximate surface area is 96.7 Å². The molecule has 1 aromatic rings. The molecule has 0 saturated heterocycles. The molecule has 1 N–H and O–H groups in total. The van der Waals surface area contributed by atoms with Crippen LogP contribution in [0.2, 0.25) is 0 Å². The summed E-state index contributed by atoms with van der Waals surface area (Å²) in [6, 6.07) is 1.49. The normalized spacial score (nSPS) is 12.6. The molecule has 0 aliphatic heterocycles. The zero-order valence-electron chi connectivity index (χ0n) is 11.0. The molecule has 0 saturated carbocycles. The van der Waals surface area contributed by atoms with Gasteiger partial charge in [-0.3, -0.25) is 4.79 Å². The molecule has 0 aliphatic rings. The molecular weight excluding hydrogens is 202 g/mol. The van der Waals surface area contributed by atoms with E-state index in [0.717, 1.165) is 0 Å². The number of hydrogen-bond donors (Lipinski definition) is 1. The van der Waals surface area contributed by atoms with Crippen LogP contribution in [0, 0.1) is 0 Å². The number of nitrogens with one attached hydrogen (secondary N) is 1. The summed E-state index contributed by atoms with van der Waals surface area (Å²) in [5.41, 5.74) is -0.436. The third-order valence-electron chi connectivity index (χ3n) is 2.02. The van der Waals surface area contributed by atoms with E-state index in [0.29, 0.717) is 5.95 Å². The molecule has 0 radical (unpaired) electrons. The summed E-state index contributed by atoms with van der Waals surface area (Å²) in [6.45, 7) is 12.4. The highest BCUT2D eigenvalue weighted by molar-refractivity contribution is 5.30. The fraction of sp³-hybridized carbons (Fsp3) is 0.667. The van der Waals surface area contributed by atoms with Crippen molar-refractivity contribution in [2.45, 2.75) is 52.6 Å². The zero-order valence-corrected chi connectivity index (χ0v) is 11.0.